The second-order valence-corrected chi connectivity index (χ2v) is 5.21. The molecule has 0 spiro atoms. The van der Waals surface area contributed by atoms with Crippen LogP contribution in [-0.4, -0.2) is 13.0 Å². The van der Waals surface area contributed by atoms with E-state index in [-0.39, 0.29) is 5.69 Å². The predicted molar refractivity (Wildman–Crippen MR) is 80.1 cm³/mol. The summed E-state index contributed by atoms with van der Waals surface area (Å²) in [5.74, 6) is -0.483. The van der Waals surface area contributed by atoms with Crippen LogP contribution in [0.2, 0.25) is 5.02 Å². The van der Waals surface area contributed by atoms with Gasteiger partial charge in [-0.15, -0.1) is 0 Å². The minimum Gasteiger partial charge on any atom is -0.497 e. The highest BCUT2D eigenvalue weighted by atomic mass is 79.9. The number of hydrogen-bond acceptors (Lipinski definition) is 2. The van der Waals surface area contributed by atoms with Crippen LogP contribution >= 0.6 is 27.5 Å². The van der Waals surface area contributed by atoms with E-state index in [9.17, 15) is 9.18 Å². The van der Waals surface area contributed by atoms with Crippen molar-refractivity contribution in [1.29, 1.82) is 0 Å². The lowest BCUT2D eigenvalue weighted by atomic mass is 10.2. The second-order valence-electron chi connectivity index (χ2n) is 3.92. The maximum Gasteiger partial charge on any atom is 0.257 e. The summed E-state index contributed by atoms with van der Waals surface area (Å²) in [6, 6.07) is 8.90. The fourth-order valence-corrected chi connectivity index (χ4v) is 2.19. The molecule has 2 aromatic carbocycles. The van der Waals surface area contributed by atoms with Crippen molar-refractivity contribution in [3.05, 3.63) is 57.3 Å². The Bertz CT molecular complexity index is 664. The van der Waals surface area contributed by atoms with Gasteiger partial charge in [-0.3, -0.25) is 4.79 Å². The molecule has 0 unspecified atom stereocenters. The molecule has 0 radical (unpaired) electrons. The Hall–Kier alpha value is -1.59. The van der Waals surface area contributed by atoms with Crippen molar-refractivity contribution in [1.82, 2.24) is 0 Å². The first kappa shape index (κ1) is 14.8. The lowest BCUT2D eigenvalue weighted by Crippen LogP contribution is -2.13. The van der Waals surface area contributed by atoms with Gasteiger partial charge in [0.2, 0.25) is 0 Å². The number of rotatable bonds is 3. The molecule has 104 valence electrons. The number of amides is 1. The highest BCUT2D eigenvalue weighted by Gasteiger charge is 2.14. The summed E-state index contributed by atoms with van der Waals surface area (Å²) in [7, 11) is 1.50. The van der Waals surface area contributed by atoms with Gasteiger partial charge in [0.25, 0.3) is 5.91 Å². The number of nitrogens with one attached hydrogen (secondary N) is 1. The molecule has 0 aliphatic rings. The zero-order chi connectivity index (χ0) is 14.7. The highest BCUT2D eigenvalue weighted by Crippen LogP contribution is 2.25. The number of halogens is 3. The number of benzene rings is 2. The Balaban J connectivity index is 2.30. The lowest BCUT2D eigenvalue weighted by molar-refractivity contribution is 0.102. The number of methoxy groups -OCH3 is 1. The van der Waals surface area contributed by atoms with E-state index in [2.05, 4.69) is 21.2 Å². The van der Waals surface area contributed by atoms with Crippen molar-refractivity contribution in [3.8, 4) is 5.75 Å². The van der Waals surface area contributed by atoms with Gasteiger partial charge < -0.3 is 10.1 Å². The first-order chi connectivity index (χ1) is 9.51. The Morgan fingerprint density at radius 3 is 2.75 bits per heavy atom. The van der Waals surface area contributed by atoms with Gasteiger partial charge in [0.1, 0.15) is 11.6 Å². The minimum atomic E-state index is -0.554. The normalized spacial score (nSPS) is 10.2. The Labute approximate surface area is 128 Å². The number of anilines is 1. The molecule has 0 atom stereocenters. The molecule has 1 N–H and O–H groups in total. The smallest absolute Gasteiger partial charge is 0.257 e. The second kappa shape index (κ2) is 6.24. The van der Waals surface area contributed by atoms with Crippen molar-refractivity contribution in [2.24, 2.45) is 0 Å². The van der Waals surface area contributed by atoms with E-state index in [1.54, 1.807) is 18.2 Å². The topological polar surface area (TPSA) is 38.3 Å². The molecule has 0 aromatic heterocycles. The van der Waals surface area contributed by atoms with Crippen molar-refractivity contribution in [2.75, 3.05) is 12.4 Å². The average Bonchev–Trinajstić information content (AvgIpc) is 2.43. The molecule has 0 fully saturated rings. The highest BCUT2D eigenvalue weighted by molar-refractivity contribution is 9.10. The van der Waals surface area contributed by atoms with E-state index in [4.69, 9.17) is 16.3 Å². The van der Waals surface area contributed by atoms with Crippen LogP contribution in [0.15, 0.2) is 40.9 Å². The monoisotopic (exact) mass is 357 g/mol. The molecule has 0 saturated heterocycles. The third-order valence-corrected chi connectivity index (χ3v) is 3.52. The summed E-state index contributed by atoms with van der Waals surface area (Å²) in [6.45, 7) is 0. The van der Waals surface area contributed by atoms with Crippen LogP contribution in [0.1, 0.15) is 10.4 Å². The van der Waals surface area contributed by atoms with E-state index in [1.807, 2.05) is 0 Å². The summed E-state index contributed by atoms with van der Waals surface area (Å²) in [5, 5.41) is 2.81. The van der Waals surface area contributed by atoms with Gasteiger partial charge in [0.05, 0.1) is 18.4 Å². The fourth-order valence-electron chi connectivity index (χ4n) is 1.59. The maximum atomic E-state index is 13.6. The van der Waals surface area contributed by atoms with Gasteiger partial charge in [0.15, 0.2) is 0 Å². The van der Waals surface area contributed by atoms with Crippen molar-refractivity contribution in [2.45, 2.75) is 0 Å². The van der Waals surface area contributed by atoms with Crippen LogP contribution in [-0.2, 0) is 0 Å². The molecule has 1 amide bonds. The van der Waals surface area contributed by atoms with Crippen molar-refractivity contribution in [3.63, 3.8) is 0 Å². The standard InChI is InChI=1S/C14H10BrClFNO2/c1-20-9-3-4-11(15)10(7-9)14(19)18-13-6-8(16)2-5-12(13)17/h2-7H,1H3,(H,18,19). The van der Waals surface area contributed by atoms with Gasteiger partial charge in [-0.1, -0.05) is 11.6 Å². The van der Waals surface area contributed by atoms with Gasteiger partial charge in [-0.2, -0.15) is 0 Å². The van der Waals surface area contributed by atoms with Crippen LogP contribution in [0.3, 0.4) is 0 Å². The van der Waals surface area contributed by atoms with E-state index < -0.39 is 11.7 Å². The molecular weight excluding hydrogens is 349 g/mol. The maximum absolute atomic E-state index is 13.6. The fraction of sp³-hybridized carbons (Fsp3) is 0.0714. The van der Waals surface area contributed by atoms with Gasteiger partial charge in [-0.25, -0.2) is 4.39 Å². The molecule has 0 saturated carbocycles. The predicted octanol–water partition coefficient (Wildman–Crippen LogP) is 4.50. The Morgan fingerprint density at radius 1 is 1.30 bits per heavy atom. The van der Waals surface area contributed by atoms with E-state index in [0.717, 1.165) is 0 Å². The Kier molecular flexibility index (Phi) is 4.62. The molecular formula is C14H10BrClFNO2. The summed E-state index contributed by atoms with van der Waals surface area (Å²) in [4.78, 5) is 12.2. The summed E-state index contributed by atoms with van der Waals surface area (Å²) in [6.07, 6.45) is 0. The van der Waals surface area contributed by atoms with Gasteiger partial charge in [-0.05, 0) is 52.3 Å². The van der Waals surface area contributed by atoms with Crippen LogP contribution < -0.4 is 10.1 Å². The van der Waals surface area contributed by atoms with E-state index in [1.165, 1.54) is 25.3 Å². The van der Waals surface area contributed by atoms with Crippen molar-refractivity contribution < 1.29 is 13.9 Å². The molecule has 6 heteroatoms. The van der Waals surface area contributed by atoms with E-state index >= 15 is 0 Å². The molecule has 0 aliphatic carbocycles. The summed E-state index contributed by atoms with van der Waals surface area (Å²) >= 11 is 9.05. The average molecular weight is 359 g/mol. The van der Waals surface area contributed by atoms with E-state index in [0.29, 0.717) is 20.8 Å². The molecule has 0 heterocycles. The molecule has 2 rings (SSSR count). The summed E-state index contributed by atoms with van der Waals surface area (Å²) < 4.78 is 19.2. The quantitative estimate of drug-likeness (QED) is 0.877. The first-order valence-electron chi connectivity index (χ1n) is 5.61. The third kappa shape index (κ3) is 3.29. The molecule has 0 bridgehead atoms. The van der Waals surface area contributed by atoms with Crippen LogP contribution in [0.25, 0.3) is 0 Å². The Morgan fingerprint density at radius 2 is 2.05 bits per heavy atom. The molecule has 20 heavy (non-hydrogen) atoms. The first-order valence-corrected chi connectivity index (χ1v) is 6.78. The number of ether oxygens (including phenoxy) is 1. The molecule has 3 nitrogen and oxygen atoms in total. The zero-order valence-electron chi connectivity index (χ0n) is 10.4. The third-order valence-electron chi connectivity index (χ3n) is 2.59. The van der Waals surface area contributed by atoms with Gasteiger partial charge in [0, 0.05) is 9.50 Å². The van der Waals surface area contributed by atoms with Crippen LogP contribution in [0, 0.1) is 5.82 Å². The van der Waals surface area contributed by atoms with Crippen molar-refractivity contribution >= 4 is 39.1 Å². The lowest BCUT2D eigenvalue weighted by Gasteiger charge is -2.09. The zero-order valence-corrected chi connectivity index (χ0v) is 12.8. The molecule has 2 aromatic rings. The van der Waals surface area contributed by atoms with Crippen LogP contribution in [0.5, 0.6) is 5.75 Å². The van der Waals surface area contributed by atoms with Gasteiger partial charge >= 0.3 is 0 Å². The number of hydrogen-bond donors (Lipinski definition) is 1. The minimum absolute atomic E-state index is 0.0252. The SMILES string of the molecule is COc1ccc(Br)c(C(=O)Nc2cc(Cl)ccc2F)c1. The largest absolute Gasteiger partial charge is 0.497 e. The number of carbonyl (C=O) groups excluding carboxylic acids is 1. The van der Waals surface area contributed by atoms with Crippen LogP contribution in [0.4, 0.5) is 10.1 Å². The molecule has 0 aliphatic heterocycles. The summed E-state index contributed by atoms with van der Waals surface area (Å²) in [5.41, 5.74) is 0.362. The number of carbonyl (C=O) groups is 1.